The largest absolute Gasteiger partial charge is 0.508 e. The molecule has 4 heteroatoms. The topological polar surface area (TPSA) is 80.9 Å². The van der Waals surface area contributed by atoms with Gasteiger partial charge in [0.15, 0.2) is 0 Å². The molecule has 0 amide bonds. The Morgan fingerprint density at radius 3 is 1.35 bits per heavy atom. The zero-order valence-electron chi connectivity index (χ0n) is 18.5. The van der Waals surface area contributed by atoms with Gasteiger partial charge in [0.05, 0.1) is 0 Å². The van der Waals surface area contributed by atoms with Crippen molar-refractivity contribution in [2.45, 2.75) is 76.5 Å². The van der Waals surface area contributed by atoms with Gasteiger partial charge in [-0.2, -0.15) is 0 Å². The van der Waals surface area contributed by atoms with Crippen LogP contribution in [0.15, 0.2) is 36.4 Å². The van der Waals surface area contributed by atoms with Gasteiger partial charge in [-0.25, -0.2) is 0 Å². The van der Waals surface area contributed by atoms with Crippen molar-refractivity contribution < 1.29 is 20.4 Å². The van der Waals surface area contributed by atoms with Gasteiger partial charge in [-0.1, -0.05) is 25.5 Å². The smallest absolute Gasteiger partial charge is 0.122 e. The van der Waals surface area contributed by atoms with Crippen LogP contribution in [0.25, 0.3) is 0 Å². The van der Waals surface area contributed by atoms with Crippen LogP contribution in [0.3, 0.4) is 0 Å². The molecule has 2 saturated carbocycles. The fourth-order valence-corrected chi connectivity index (χ4v) is 6.52. The summed E-state index contributed by atoms with van der Waals surface area (Å²) in [7, 11) is 0. The van der Waals surface area contributed by atoms with Crippen LogP contribution in [0.4, 0.5) is 0 Å². The summed E-state index contributed by atoms with van der Waals surface area (Å²) in [4.78, 5) is 0. The number of benzene rings is 2. The van der Waals surface area contributed by atoms with E-state index in [-0.39, 0.29) is 23.0 Å². The maximum absolute atomic E-state index is 10.2. The first kappa shape index (κ1) is 21.9. The highest BCUT2D eigenvalue weighted by Gasteiger charge is 2.35. The lowest BCUT2D eigenvalue weighted by Gasteiger charge is -2.41. The van der Waals surface area contributed by atoms with Gasteiger partial charge in [-0.05, 0) is 104 Å². The molecule has 2 aliphatic carbocycles. The molecular formula is C27H36O4. The van der Waals surface area contributed by atoms with Crippen LogP contribution in [0.1, 0.15) is 87.7 Å². The highest BCUT2D eigenvalue weighted by Crippen LogP contribution is 2.48. The molecule has 0 saturated heterocycles. The molecule has 0 spiro atoms. The summed E-state index contributed by atoms with van der Waals surface area (Å²) in [6.07, 6.45) is 10.5. The van der Waals surface area contributed by atoms with E-state index in [0.717, 1.165) is 54.6 Å². The molecule has 0 unspecified atom stereocenters. The van der Waals surface area contributed by atoms with Gasteiger partial charge in [0.1, 0.15) is 23.0 Å². The minimum absolute atomic E-state index is 0.122. The first-order chi connectivity index (χ1) is 15.0. The third kappa shape index (κ3) is 4.78. The van der Waals surface area contributed by atoms with Gasteiger partial charge >= 0.3 is 0 Å². The summed E-state index contributed by atoms with van der Waals surface area (Å²) in [6.45, 7) is 2.33. The molecule has 4 N–H and O–H groups in total. The monoisotopic (exact) mass is 424 g/mol. The Balaban J connectivity index is 1.34. The zero-order chi connectivity index (χ0) is 22.0. The van der Waals surface area contributed by atoms with Crippen molar-refractivity contribution >= 4 is 0 Å². The van der Waals surface area contributed by atoms with Crippen LogP contribution >= 0.6 is 0 Å². The van der Waals surface area contributed by atoms with Crippen molar-refractivity contribution in [2.24, 2.45) is 17.8 Å². The van der Waals surface area contributed by atoms with Crippen LogP contribution in [0.5, 0.6) is 23.0 Å². The van der Waals surface area contributed by atoms with Crippen molar-refractivity contribution in [2.75, 3.05) is 0 Å². The van der Waals surface area contributed by atoms with Crippen LogP contribution < -0.4 is 0 Å². The summed E-state index contributed by atoms with van der Waals surface area (Å²) < 4.78 is 0. The van der Waals surface area contributed by atoms with Gasteiger partial charge in [-0.15, -0.1) is 0 Å². The summed E-state index contributed by atoms with van der Waals surface area (Å²) >= 11 is 0. The third-order valence-electron chi connectivity index (χ3n) is 8.13. The molecular weight excluding hydrogens is 388 g/mol. The van der Waals surface area contributed by atoms with Crippen molar-refractivity contribution in [3.63, 3.8) is 0 Å². The van der Waals surface area contributed by atoms with Crippen molar-refractivity contribution in [3.05, 3.63) is 47.5 Å². The van der Waals surface area contributed by atoms with Crippen LogP contribution in [0.2, 0.25) is 0 Å². The second kappa shape index (κ2) is 9.42. The maximum atomic E-state index is 10.2. The quantitative estimate of drug-likeness (QED) is 0.426. The molecule has 0 atom stereocenters. The van der Waals surface area contributed by atoms with E-state index in [1.807, 2.05) is 12.1 Å². The van der Waals surface area contributed by atoms with Gasteiger partial charge in [0.25, 0.3) is 0 Å². The van der Waals surface area contributed by atoms with Gasteiger partial charge in [-0.3, -0.25) is 0 Å². The van der Waals surface area contributed by atoms with Gasteiger partial charge < -0.3 is 20.4 Å². The molecule has 2 aromatic rings. The first-order valence-corrected chi connectivity index (χ1v) is 12.0. The first-order valence-electron chi connectivity index (χ1n) is 12.0. The molecule has 0 radical (unpaired) electrons. The number of aromatic hydroxyl groups is 4. The summed E-state index contributed by atoms with van der Waals surface area (Å²) in [5.74, 6) is 3.74. The molecule has 2 fully saturated rings. The number of phenolic OH excluding ortho intramolecular Hbond substituents is 4. The summed E-state index contributed by atoms with van der Waals surface area (Å²) in [6, 6.07) is 10.0. The van der Waals surface area contributed by atoms with E-state index in [4.69, 9.17) is 0 Å². The fraction of sp³-hybridized carbons (Fsp3) is 0.556. The molecule has 168 valence electrons. The molecule has 0 aromatic heterocycles. The second-order valence-electron chi connectivity index (χ2n) is 9.78. The fourth-order valence-electron chi connectivity index (χ4n) is 6.52. The van der Waals surface area contributed by atoms with Crippen molar-refractivity contribution in [1.82, 2.24) is 0 Å². The molecule has 0 aliphatic heterocycles. The Labute approximate surface area is 185 Å². The predicted octanol–water partition coefficient (Wildman–Crippen LogP) is 6.78. The highest BCUT2D eigenvalue weighted by molar-refractivity contribution is 5.42. The molecule has 0 heterocycles. The second-order valence-corrected chi connectivity index (χ2v) is 9.78. The predicted molar refractivity (Wildman–Crippen MR) is 123 cm³/mol. The van der Waals surface area contributed by atoms with E-state index >= 15 is 0 Å². The average Bonchev–Trinajstić information content (AvgIpc) is 2.76. The summed E-state index contributed by atoms with van der Waals surface area (Å²) in [5, 5.41) is 39.6. The average molecular weight is 425 g/mol. The Kier molecular flexibility index (Phi) is 6.64. The van der Waals surface area contributed by atoms with Crippen LogP contribution in [-0.2, 0) is 0 Å². The molecule has 2 aliphatic rings. The molecule has 0 bridgehead atoms. The van der Waals surface area contributed by atoms with E-state index in [0.29, 0.717) is 11.8 Å². The van der Waals surface area contributed by atoms with Crippen LogP contribution in [-0.4, -0.2) is 20.4 Å². The van der Waals surface area contributed by atoms with E-state index in [2.05, 4.69) is 6.92 Å². The molecule has 2 aromatic carbocycles. The van der Waals surface area contributed by atoms with Gasteiger partial charge in [0.2, 0.25) is 0 Å². The normalized spacial score (nSPS) is 27.6. The lowest BCUT2D eigenvalue weighted by molar-refractivity contribution is 0.127. The van der Waals surface area contributed by atoms with Gasteiger partial charge in [0, 0.05) is 12.1 Å². The lowest BCUT2D eigenvalue weighted by atomic mass is 9.65. The minimum atomic E-state index is 0.122. The standard InChI is InChI=1S/C27H36O4/c1-2-23(17-3-7-19(8-4-17)24-13-11-21(28)15-26(24)30)18-5-9-20(10-6-18)25-14-12-22(29)16-27(25)31/h11-20,23,28-31H,2-10H2,1H3. The SMILES string of the molecule is CCC(C1CCC(c2ccc(O)cc2O)CC1)C1CCC(c2ccc(O)cc2O)CC1. The lowest BCUT2D eigenvalue weighted by Crippen LogP contribution is -2.29. The van der Waals surface area contributed by atoms with E-state index in [9.17, 15) is 20.4 Å². The molecule has 31 heavy (non-hydrogen) atoms. The number of hydrogen-bond acceptors (Lipinski definition) is 4. The number of hydrogen-bond donors (Lipinski definition) is 4. The third-order valence-corrected chi connectivity index (χ3v) is 8.13. The minimum Gasteiger partial charge on any atom is -0.508 e. The Hall–Kier alpha value is -2.36. The summed E-state index contributed by atoms with van der Waals surface area (Å²) in [5.41, 5.74) is 1.97. The Morgan fingerprint density at radius 2 is 1.03 bits per heavy atom. The van der Waals surface area contributed by atoms with Crippen molar-refractivity contribution in [1.29, 1.82) is 0 Å². The van der Waals surface area contributed by atoms with E-state index < -0.39 is 0 Å². The van der Waals surface area contributed by atoms with E-state index in [1.54, 1.807) is 12.1 Å². The highest BCUT2D eigenvalue weighted by atomic mass is 16.3. The van der Waals surface area contributed by atoms with Crippen molar-refractivity contribution in [3.8, 4) is 23.0 Å². The zero-order valence-corrected chi connectivity index (χ0v) is 18.5. The molecule has 4 rings (SSSR count). The van der Waals surface area contributed by atoms with E-state index in [1.165, 1.54) is 44.2 Å². The maximum Gasteiger partial charge on any atom is 0.122 e. The molecule has 4 nitrogen and oxygen atoms in total. The Bertz CT molecular complexity index is 805. The number of rotatable bonds is 5. The van der Waals surface area contributed by atoms with Crippen LogP contribution in [0, 0.1) is 17.8 Å². The number of phenols is 4. The Morgan fingerprint density at radius 1 is 0.645 bits per heavy atom.